The Morgan fingerprint density at radius 1 is 0.614 bits per heavy atom. The van der Waals surface area contributed by atoms with Crippen molar-refractivity contribution in [2.24, 2.45) is 11.8 Å². The summed E-state index contributed by atoms with van der Waals surface area (Å²) in [5, 5.41) is 2.99. The zero-order valence-corrected chi connectivity index (χ0v) is 26.4. The minimum Gasteiger partial charge on any atom is -0.316 e. The molecule has 4 aromatic rings. The molecule has 2 fully saturated rings. The van der Waals surface area contributed by atoms with Crippen molar-refractivity contribution in [2.75, 3.05) is 37.7 Å². The fourth-order valence-electron chi connectivity index (χ4n) is 5.47. The summed E-state index contributed by atoms with van der Waals surface area (Å²) in [4.78, 5) is 1.90. The van der Waals surface area contributed by atoms with E-state index in [2.05, 4.69) is 34.5 Å². The van der Waals surface area contributed by atoms with E-state index in [4.69, 9.17) is 0 Å². The number of halogens is 3. The average Bonchev–Trinajstić information content (AvgIpc) is 2.96. The van der Waals surface area contributed by atoms with Crippen molar-refractivity contribution >= 4 is 32.1 Å². The van der Waals surface area contributed by atoms with Gasteiger partial charge in [-0.15, -0.1) is 12.4 Å². The summed E-state index contributed by atoms with van der Waals surface area (Å²) in [6, 6.07) is 31.7. The van der Waals surface area contributed by atoms with Crippen LogP contribution in [0, 0.1) is 23.5 Å². The lowest BCUT2D eigenvalue weighted by Crippen LogP contribution is -2.51. The second-order valence-corrected chi connectivity index (χ2v) is 15.0. The number of likely N-dealkylation sites (tertiary alicyclic amines) is 1. The highest BCUT2D eigenvalue weighted by atomic mass is 35.5. The molecule has 0 bridgehead atoms. The molecule has 6 nitrogen and oxygen atoms in total. The third kappa shape index (κ3) is 8.11. The highest BCUT2D eigenvalue weighted by molar-refractivity contribution is 7.91. The van der Waals surface area contributed by atoms with Gasteiger partial charge < -0.3 is 5.32 Å². The number of nitrogens with zero attached hydrogens (tertiary/aromatic N) is 1. The van der Waals surface area contributed by atoms with Gasteiger partial charge in [-0.3, -0.25) is 4.90 Å². The molecule has 11 heteroatoms. The van der Waals surface area contributed by atoms with Crippen molar-refractivity contribution in [2.45, 2.75) is 15.8 Å². The number of hydrogen-bond acceptors (Lipinski definition) is 6. The van der Waals surface area contributed by atoms with Crippen LogP contribution in [-0.4, -0.2) is 59.4 Å². The summed E-state index contributed by atoms with van der Waals surface area (Å²) in [6.07, 6.45) is 0. The summed E-state index contributed by atoms with van der Waals surface area (Å²) < 4.78 is 76.0. The molecule has 234 valence electrons. The molecule has 4 aromatic carbocycles. The number of sulfone groups is 2. The van der Waals surface area contributed by atoms with Crippen LogP contribution >= 0.6 is 12.4 Å². The van der Waals surface area contributed by atoms with E-state index in [1.165, 1.54) is 53.6 Å². The summed E-state index contributed by atoms with van der Waals surface area (Å²) in [7, 11) is -7.10. The molecule has 0 saturated carbocycles. The fraction of sp³-hybridized carbons (Fsp3) is 0.273. The molecule has 0 amide bonds. The molecule has 2 saturated heterocycles. The van der Waals surface area contributed by atoms with E-state index in [1.807, 2.05) is 36.4 Å². The Hall–Kier alpha value is -3.15. The number of hydrogen-bond donors (Lipinski definition) is 1. The Morgan fingerprint density at radius 2 is 1.00 bits per heavy atom. The predicted octanol–water partition coefficient (Wildman–Crippen LogP) is 5.56. The van der Waals surface area contributed by atoms with Crippen molar-refractivity contribution in [3.63, 3.8) is 0 Å². The Balaban J connectivity index is 0.000000234. The topological polar surface area (TPSA) is 83.6 Å². The van der Waals surface area contributed by atoms with Gasteiger partial charge in [0, 0.05) is 26.2 Å². The molecule has 2 heterocycles. The predicted molar refractivity (Wildman–Crippen MR) is 170 cm³/mol. The second-order valence-electron chi connectivity index (χ2n) is 11.0. The van der Waals surface area contributed by atoms with E-state index in [9.17, 15) is 25.6 Å². The van der Waals surface area contributed by atoms with Crippen molar-refractivity contribution < 1.29 is 25.6 Å². The van der Waals surface area contributed by atoms with E-state index < -0.39 is 31.3 Å². The van der Waals surface area contributed by atoms with Crippen molar-refractivity contribution in [1.82, 2.24) is 10.2 Å². The van der Waals surface area contributed by atoms with Crippen LogP contribution in [0.4, 0.5) is 8.78 Å². The van der Waals surface area contributed by atoms with Gasteiger partial charge >= 0.3 is 0 Å². The maximum absolute atomic E-state index is 13.9. The maximum Gasteiger partial charge on any atom is 0.181 e. The Morgan fingerprint density at radius 3 is 1.39 bits per heavy atom. The molecule has 0 spiro atoms. The van der Waals surface area contributed by atoms with Gasteiger partial charge in [0.05, 0.1) is 17.5 Å². The minimum absolute atomic E-state index is 0. The van der Waals surface area contributed by atoms with Crippen LogP contribution in [-0.2, 0) is 19.7 Å². The van der Waals surface area contributed by atoms with Crippen LogP contribution in [0.2, 0.25) is 0 Å². The lowest BCUT2D eigenvalue weighted by Gasteiger charge is -2.44. The van der Waals surface area contributed by atoms with Crippen LogP contribution < -0.4 is 5.32 Å². The Bertz CT molecular complexity index is 1690. The van der Waals surface area contributed by atoms with E-state index in [-0.39, 0.29) is 51.6 Å². The van der Waals surface area contributed by atoms with E-state index >= 15 is 0 Å². The van der Waals surface area contributed by atoms with Gasteiger partial charge in [-0.1, -0.05) is 84.9 Å². The van der Waals surface area contributed by atoms with E-state index in [1.54, 1.807) is 6.07 Å². The van der Waals surface area contributed by atoms with Crippen molar-refractivity contribution in [1.29, 1.82) is 0 Å². The van der Waals surface area contributed by atoms with Gasteiger partial charge in [-0.05, 0) is 47.2 Å². The smallest absolute Gasteiger partial charge is 0.181 e. The largest absolute Gasteiger partial charge is 0.316 e. The molecule has 0 atom stereocenters. The lowest BCUT2D eigenvalue weighted by molar-refractivity contribution is 0.0812. The average molecular weight is 661 g/mol. The monoisotopic (exact) mass is 660 g/mol. The molecule has 0 radical (unpaired) electrons. The molecule has 2 aliphatic heterocycles. The van der Waals surface area contributed by atoms with E-state index in [0.29, 0.717) is 26.2 Å². The SMILES string of the molecule is Cl.O=S(=O)(CC1CN(C(c2ccccc2)c2ccccc2)C1)c1ccccc1F.O=S(=O)(CC1CNC1)c1ccccc1F. The van der Waals surface area contributed by atoms with Gasteiger partial charge in [-0.25, -0.2) is 25.6 Å². The van der Waals surface area contributed by atoms with E-state index in [0.717, 1.165) is 0 Å². The van der Waals surface area contributed by atoms with Crippen molar-refractivity contribution in [3.05, 3.63) is 132 Å². The number of benzene rings is 4. The lowest BCUT2D eigenvalue weighted by atomic mass is 9.91. The molecule has 0 unspecified atom stereocenters. The van der Waals surface area contributed by atoms with Gasteiger partial charge in [0.1, 0.15) is 21.4 Å². The third-order valence-electron chi connectivity index (χ3n) is 7.70. The zero-order chi connectivity index (χ0) is 30.5. The van der Waals surface area contributed by atoms with Crippen molar-refractivity contribution in [3.8, 4) is 0 Å². The summed E-state index contributed by atoms with van der Waals surface area (Å²) >= 11 is 0. The maximum atomic E-state index is 13.9. The van der Waals surface area contributed by atoms with Gasteiger partial charge in [-0.2, -0.15) is 0 Å². The fourth-order valence-corrected chi connectivity index (χ4v) is 8.82. The molecule has 2 aliphatic rings. The highest BCUT2D eigenvalue weighted by Crippen LogP contribution is 2.35. The standard InChI is InChI=1S/C23H22FNO2S.C10H12FNO2S.ClH/c24-21-13-7-8-14-22(21)28(26,27)17-18-15-25(16-18)23(19-9-3-1-4-10-19)20-11-5-2-6-12-20;11-9-3-1-2-4-10(9)15(13,14)7-8-5-12-6-8;/h1-14,18,23H,15-17H2;1-4,8,12H,5-7H2;1H. The normalized spacial score (nSPS) is 15.8. The first-order valence-corrected chi connectivity index (χ1v) is 17.4. The molecule has 44 heavy (non-hydrogen) atoms. The molecule has 0 aliphatic carbocycles. The summed E-state index contributed by atoms with van der Waals surface area (Å²) in [6.45, 7) is 2.74. The molecular formula is C33H35ClF2N2O4S2. The van der Waals surface area contributed by atoms with Gasteiger partial charge in [0.2, 0.25) is 0 Å². The second kappa shape index (κ2) is 14.8. The quantitative estimate of drug-likeness (QED) is 0.253. The van der Waals surface area contributed by atoms with Crippen LogP contribution in [0.15, 0.2) is 119 Å². The van der Waals surface area contributed by atoms with Gasteiger partial charge in [0.15, 0.2) is 19.7 Å². The van der Waals surface area contributed by atoms with Crippen LogP contribution in [0.5, 0.6) is 0 Å². The highest BCUT2D eigenvalue weighted by Gasteiger charge is 2.37. The third-order valence-corrected chi connectivity index (χ3v) is 11.5. The number of rotatable bonds is 9. The summed E-state index contributed by atoms with van der Waals surface area (Å²) in [5.74, 6) is -1.22. The van der Waals surface area contributed by atoms with Crippen LogP contribution in [0.3, 0.4) is 0 Å². The Kier molecular flexibility index (Phi) is 11.3. The minimum atomic E-state index is -3.63. The van der Waals surface area contributed by atoms with Crippen LogP contribution in [0.25, 0.3) is 0 Å². The summed E-state index contributed by atoms with van der Waals surface area (Å²) in [5.41, 5.74) is 2.37. The molecule has 6 rings (SSSR count). The molecular weight excluding hydrogens is 626 g/mol. The molecule has 0 aromatic heterocycles. The Labute approximate surface area is 264 Å². The van der Waals surface area contributed by atoms with Crippen LogP contribution in [0.1, 0.15) is 17.2 Å². The first-order chi connectivity index (χ1) is 20.6. The first-order valence-electron chi connectivity index (χ1n) is 14.1. The molecule has 1 N–H and O–H groups in total. The number of nitrogens with one attached hydrogen (secondary N) is 1. The first kappa shape index (κ1) is 33.7. The van der Waals surface area contributed by atoms with Gasteiger partial charge in [0.25, 0.3) is 0 Å². The zero-order valence-electron chi connectivity index (χ0n) is 23.9.